The molecular formula is C19H20N4O2S. The van der Waals surface area contributed by atoms with Gasteiger partial charge in [0.2, 0.25) is 5.91 Å². The van der Waals surface area contributed by atoms with Gasteiger partial charge in [0.15, 0.2) is 5.16 Å². The Morgan fingerprint density at radius 2 is 1.92 bits per heavy atom. The number of amides is 1. The normalized spacial score (nSPS) is 11.8. The summed E-state index contributed by atoms with van der Waals surface area (Å²) in [4.78, 5) is 14.3. The lowest BCUT2D eigenvalue weighted by molar-refractivity contribution is -0.128. The van der Waals surface area contributed by atoms with Crippen molar-refractivity contribution < 1.29 is 9.53 Å². The highest BCUT2D eigenvalue weighted by atomic mass is 32.2. The number of nitrogens with zero attached hydrogens (tertiary/aromatic N) is 4. The van der Waals surface area contributed by atoms with Gasteiger partial charge in [0, 0.05) is 20.2 Å². The van der Waals surface area contributed by atoms with Crippen molar-refractivity contribution in [2.45, 2.75) is 10.4 Å². The Kier molecular flexibility index (Phi) is 5.58. The van der Waals surface area contributed by atoms with Gasteiger partial charge in [-0.25, -0.2) is 0 Å². The zero-order valence-corrected chi connectivity index (χ0v) is 15.7. The fraction of sp³-hybridized carbons (Fsp3) is 0.211. The van der Waals surface area contributed by atoms with Gasteiger partial charge in [-0.3, -0.25) is 9.36 Å². The molecule has 0 aliphatic heterocycles. The molecule has 3 rings (SSSR count). The lowest BCUT2D eigenvalue weighted by Crippen LogP contribution is -2.26. The maximum atomic E-state index is 12.7. The van der Waals surface area contributed by atoms with E-state index in [9.17, 15) is 4.79 Å². The summed E-state index contributed by atoms with van der Waals surface area (Å²) in [6.45, 7) is 0. The second kappa shape index (κ2) is 8.05. The second-order valence-electron chi connectivity index (χ2n) is 5.83. The van der Waals surface area contributed by atoms with Crippen molar-refractivity contribution in [3.63, 3.8) is 0 Å². The number of carbonyl (C=O) groups excluding carboxylic acids is 1. The summed E-state index contributed by atoms with van der Waals surface area (Å²) in [5.74, 6) is 0.748. The third-order valence-electron chi connectivity index (χ3n) is 3.84. The third-order valence-corrected chi connectivity index (χ3v) is 5.04. The van der Waals surface area contributed by atoms with E-state index >= 15 is 0 Å². The van der Waals surface area contributed by atoms with Crippen LogP contribution in [0.2, 0.25) is 0 Å². The molecule has 1 atom stereocenters. The van der Waals surface area contributed by atoms with Crippen LogP contribution in [-0.2, 0) is 4.79 Å². The first-order chi connectivity index (χ1) is 12.6. The molecule has 1 aromatic heterocycles. The van der Waals surface area contributed by atoms with Crippen LogP contribution in [-0.4, -0.2) is 46.8 Å². The maximum Gasteiger partial charge on any atom is 0.240 e. The molecule has 0 spiro atoms. The molecular weight excluding hydrogens is 348 g/mol. The van der Waals surface area contributed by atoms with E-state index in [0.717, 1.165) is 17.0 Å². The predicted octanol–water partition coefficient (Wildman–Crippen LogP) is 3.20. The van der Waals surface area contributed by atoms with Crippen LogP contribution in [0.1, 0.15) is 10.8 Å². The number of ether oxygens (including phenoxy) is 1. The first-order valence-electron chi connectivity index (χ1n) is 8.07. The van der Waals surface area contributed by atoms with Gasteiger partial charge < -0.3 is 9.64 Å². The molecule has 0 bridgehead atoms. The van der Waals surface area contributed by atoms with E-state index in [1.165, 1.54) is 11.8 Å². The Morgan fingerprint density at radius 1 is 1.15 bits per heavy atom. The van der Waals surface area contributed by atoms with E-state index in [0.29, 0.717) is 5.16 Å². The maximum absolute atomic E-state index is 12.7. The molecule has 1 amide bonds. The van der Waals surface area contributed by atoms with Gasteiger partial charge in [-0.1, -0.05) is 48.2 Å². The average molecular weight is 368 g/mol. The van der Waals surface area contributed by atoms with Crippen LogP contribution < -0.4 is 4.74 Å². The van der Waals surface area contributed by atoms with Gasteiger partial charge >= 0.3 is 0 Å². The van der Waals surface area contributed by atoms with Gasteiger partial charge in [0.05, 0.1) is 12.8 Å². The first kappa shape index (κ1) is 18.0. The molecule has 0 radical (unpaired) electrons. The molecule has 1 heterocycles. The molecule has 0 N–H and O–H groups in total. The summed E-state index contributed by atoms with van der Waals surface area (Å²) < 4.78 is 7.14. The predicted molar refractivity (Wildman–Crippen MR) is 102 cm³/mol. The number of aromatic nitrogens is 3. The highest BCUT2D eigenvalue weighted by molar-refractivity contribution is 8.00. The van der Waals surface area contributed by atoms with E-state index in [2.05, 4.69) is 10.2 Å². The highest BCUT2D eigenvalue weighted by Gasteiger charge is 2.26. The molecule has 0 aliphatic carbocycles. The number of carbonyl (C=O) groups is 1. The molecule has 7 heteroatoms. The largest absolute Gasteiger partial charge is 0.497 e. The zero-order valence-electron chi connectivity index (χ0n) is 14.9. The van der Waals surface area contributed by atoms with Gasteiger partial charge in [0.1, 0.15) is 17.3 Å². The highest BCUT2D eigenvalue weighted by Crippen LogP contribution is 2.36. The molecule has 1 unspecified atom stereocenters. The molecule has 0 saturated heterocycles. The molecule has 0 aliphatic rings. The number of thioether (sulfide) groups is 1. The lowest BCUT2D eigenvalue weighted by Gasteiger charge is -2.20. The zero-order chi connectivity index (χ0) is 18.5. The van der Waals surface area contributed by atoms with E-state index in [1.54, 1.807) is 32.4 Å². The summed E-state index contributed by atoms with van der Waals surface area (Å²) in [5.41, 5.74) is 1.80. The standard InChI is InChI=1S/C19H20N4O2S/c1-22(2)18(24)17(14-8-5-4-6-9-14)26-19-21-20-13-23(19)15-10-7-11-16(12-15)25-3/h4-13,17H,1-3H3. The van der Waals surface area contributed by atoms with Crippen molar-refractivity contribution in [3.8, 4) is 11.4 Å². The molecule has 2 aromatic carbocycles. The summed E-state index contributed by atoms with van der Waals surface area (Å²) >= 11 is 1.38. The van der Waals surface area contributed by atoms with Crippen LogP contribution in [0.5, 0.6) is 5.75 Å². The van der Waals surface area contributed by atoms with Crippen molar-refractivity contribution in [3.05, 3.63) is 66.5 Å². The van der Waals surface area contributed by atoms with E-state index < -0.39 is 5.25 Å². The summed E-state index contributed by atoms with van der Waals surface area (Å²) in [7, 11) is 5.14. The smallest absolute Gasteiger partial charge is 0.240 e. The van der Waals surface area contributed by atoms with Crippen LogP contribution in [0.25, 0.3) is 5.69 Å². The molecule has 134 valence electrons. The number of rotatable bonds is 6. The van der Waals surface area contributed by atoms with E-state index in [1.807, 2.05) is 59.2 Å². The summed E-state index contributed by atoms with van der Waals surface area (Å²) in [6.07, 6.45) is 1.64. The Morgan fingerprint density at radius 3 is 2.62 bits per heavy atom. The molecule has 3 aromatic rings. The molecule has 0 fully saturated rings. The van der Waals surface area contributed by atoms with Gasteiger partial charge in [0.25, 0.3) is 0 Å². The quantitative estimate of drug-likeness (QED) is 0.625. The van der Waals surface area contributed by atoms with Crippen LogP contribution in [0.3, 0.4) is 0 Å². The van der Waals surface area contributed by atoms with Crippen molar-refractivity contribution in [1.29, 1.82) is 0 Å². The van der Waals surface area contributed by atoms with Gasteiger partial charge in [-0.15, -0.1) is 10.2 Å². The minimum absolute atomic E-state index is 0.00129. The number of hydrogen-bond acceptors (Lipinski definition) is 5. The Hall–Kier alpha value is -2.80. The Balaban J connectivity index is 1.96. The van der Waals surface area contributed by atoms with Crippen LogP contribution >= 0.6 is 11.8 Å². The third kappa shape index (κ3) is 3.88. The molecule has 6 nitrogen and oxygen atoms in total. The Bertz CT molecular complexity index is 880. The SMILES string of the molecule is COc1cccc(-n2cnnc2SC(C(=O)N(C)C)c2ccccc2)c1. The summed E-state index contributed by atoms with van der Waals surface area (Å²) in [5, 5.41) is 8.49. The lowest BCUT2D eigenvalue weighted by atomic mass is 10.1. The average Bonchev–Trinajstić information content (AvgIpc) is 3.14. The van der Waals surface area contributed by atoms with E-state index in [-0.39, 0.29) is 5.91 Å². The van der Waals surface area contributed by atoms with Crippen molar-refractivity contribution in [2.24, 2.45) is 0 Å². The van der Waals surface area contributed by atoms with Crippen LogP contribution in [0.4, 0.5) is 0 Å². The fourth-order valence-corrected chi connectivity index (χ4v) is 3.65. The van der Waals surface area contributed by atoms with Crippen LogP contribution in [0.15, 0.2) is 66.1 Å². The monoisotopic (exact) mass is 368 g/mol. The van der Waals surface area contributed by atoms with E-state index in [4.69, 9.17) is 4.74 Å². The molecule has 0 saturated carbocycles. The topological polar surface area (TPSA) is 60.2 Å². The number of benzene rings is 2. The Labute approximate surface area is 156 Å². The minimum Gasteiger partial charge on any atom is -0.497 e. The first-order valence-corrected chi connectivity index (χ1v) is 8.95. The summed E-state index contributed by atoms with van der Waals surface area (Å²) in [6, 6.07) is 17.3. The van der Waals surface area contributed by atoms with Crippen molar-refractivity contribution in [1.82, 2.24) is 19.7 Å². The van der Waals surface area contributed by atoms with Crippen LogP contribution in [0, 0.1) is 0 Å². The second-order valence-corrected chi connectivity index (χ2v) is 6.90. The number of hydrogen-bond donors (Lipinski definition) is 0. The van der Waals surface area contributed by atoms with Crippen molar-refractivity contribution >= 4 is 17.7 Å². The molecule has 26 heavy (non-hydrogen) atoms. The van der Waals surface area contributed by atoms with Crippen molar-refractivity contribution in [2.75, 3.05) is 21.2 Å². The number of likely N-dealkylation sites (N-methyl/N-ethyl adjacent to an activating group) is 1. The fourth-order valence-electron chi connectivity index (χ4n) is 2.47. The number of methoxy groups -OCH3 is 1. The minimum atomic E-state index is -0.403. The van der Waals surface area contributed by atoms with Gasteiger partial charge in [-0.2, -0.15) is 0 Å². The van der Waals surface area contributed by atoms with Gasteiger partial charge in [-0.05, 0) is 17.7 Å².